The second-order valence-corrected chi connectivity index (χ2v) is 6.31. The largest absolute Gasteiger partial charge is 0.301 e. The van der Waals surface area contributed by atoms with Crippen molar-refractivity contribution in [3.8, 4) is 0 Å². The van der Waals surface area contributed by atoms with Gasteiger partial charge in [-0.3, -0.25) is 9.80 Å². The van der Waals surface area contributed by atoms with Crippen LogP contribution >= 0.6 is 11.8 Å². The molecule has 0 bridgehead atoms. The van der Waals surface area contributed by atoms with Crippen LogP contribution < -0.4 is 0 Å². The van der Waals surface area contributed by atoms with Gasteiger partial charge in [-0.15, -0.1) is 0 Å². The fourth-order valence-corrected chi connectivity index (χ4v) is 3.34. The van der Waals surface area contributed by atoms with Crippen molar-refractivity contribution in [2.24, 2.45) is 0 Å². The maximum absolute atomic E-state index is 11.3. The lowest BCUT2D eigenvalue weighted by Gasteiger charge is -2.38. The van der Waals surface area contributed by atoms with Gasteiger partial charge in [-0.25, -0.2) is 0 Å². The van der Waals surface area contributed by atoms with Crippen molar-refractivity contribution in [1.29, 1.82) is 0 Å². The minimum Gasteiger partial charge on any atom is -0.301 e. The van der Waals surface area contributed by atoms with E-state index in [1.54, 1.807) is 11.8 Å². The number of benzene rings is 1. The first-order valence-corrected chi connectivity index (χ1v) is 7.74. The number of aldehydes is 1. The molecule has 0 saturated carbocycles. The Kier molecular flexibility index (Phi) is 5.43. The lowest BCUT2D eigenvalue weighted by atomic mass is 10.2. The van der Waals surface area contributed by atoms with Gasteiger partial charge in [-0.2, -0.15) is 0 Å². The number of hydrogen-bond acceptors (Lipinski definition) is 4. The molecule has 0 radical (unpaired) electrons. The van der Waals surface area contributed by atoms with Gasteiger partial charge in [0.2, 0.25) is 0 Å². The summed E-state index contributed by atoms with van der Waals surface area (Å²) in [6.45, 7) is 8.51. The van der Waals surface area contributed by atoms with Crippen LogP contribution in [0.2, 0.25) is 0 Å². The van der Waals surface area contributed by atoms with Gasteiger partial charge < -0.3 is 4.79 Å². The zero-order chi connectivity index (χ0) is 13.7. The molecule has 1 aromatic carbocycles. The number of carbonyl (C=O) groups is 1. The first-order chi connectivity index (χ1) is 9.20. The second-order valence-electron chi connectivity index (χ2n) is 5.12. The molecule has 1 aromatic rings. The number of rotatable bonds is 5. The summed E-state index contributed by atoms with van der Waals surface area (Å²) in [5.41, 5.74) is 0. The highest BCUT2D eigenvalue weighted by atomic mass is 32.2. The summed E-state index contributed by atoms with van der Waals surface area (Å²) < 4.78 is 0. The summed E-state index contributed by atoms with van der Waals surface area (Å²) in [4.78, 5) is 17.3. The molecule has 1 aliphatic heterocycles. The van der Waals surface area contributed by atoms with Gasteiger partial charge in [0.25, 0.3) is 0 Å². The van der Waals surface area contributed by atoms with Crippen LogP contribution in [0, 0.1) is 0 Å². The minimum absolute atomic E-state index is 0.0586. The number of carbonyl (C=O) groups excluding carboxylic acids is 1. The molecule has 0 amide bonds. The van der Waals surface area contributed by atoms with Crippen LogP contribution in [0.5, 0.6) is 0 Å². The van der Waals surface area contributed by atoms with Gasteiger partial charge in [0.05, 0.1) is 0 Å². The maximum atomic E-state index is 11.3. The molecular weight excluding hydrogens is 256 g/mol. The number of piperazine rings is 1. The van der Waals surface area contributed by atoms with Crippen molar-refractivity contribution < 1.29 is 4.79 Å². The smallest absolute Gasteiger partial charge is 0.147 e. The van der Waals surface area contributed by atoms with Crippen molar-refractivity contribution in [2.45, 2.75) is 30.2 Å². The van der Waals surface area contributed by atoms with Crippen molar-refractivity contribution in [3.63, 3.8) is 0 Å². The topological polar surface area (TPSA) is 23.6 Å². The summed E-state index contributed by atoms with van der Waals surface area (Å²) in [6.07, 6.45) is 1.07. The van der Waals surface area contributed by atoms with E-state index in [9.17, 15) is 4.79 Å². The molecule has 1 fully saturated rings. The van der Waals surface area contributed by atoms with E-state index in [0.29, 0.717) is 6.04 Å². The molecule has 1 unspecified atom stereocenters. The van der Waals surface area contributed by atoms with Gasteiger partial charge in [-0.05, 0) is 26.0 Å². The Balaban J connectivity index is 1.91. The Hall–Kier alpha value is -0.840. The average Bonchev–Trinajstić information content (AvgIpc) is 2.46. The van der Waals surface area contributed by atoms with Crippen molar-refractivity contribution >= 4 is 18.0 Å². The molecule has 0 aliphatic carbocycles. The monoisotopic (exact) mass is 278 g/mol. The lowest BCUT2D eigenvalue weighted by molar-refractivity contribution is -0.110. The Morgan fingerprint density at radius 3 is 2.16 bits per heavy atom. The molecule has 1 atom stereocenters. The Morgan fingerprint density at radius 2 is 1.63 bits per heavy atom. The lowest BCUT2D eigenvalue weighted by Crippen LogP contribution is -2.51. The van der Waals surface area contributed by atoms with Crippen LogP contribution in [-0.4, -0.2) is 53.7 Å². The molecule has 1 aliphatic rings. The summed E-state index contributed by atoms with van der Waals surface area (Å²) >= 11 is 1.64. The Morgan fingerprint density at radius 1 is 1.05 bits per heavy atom. The van der Waals surface area contributed by atoms with Crippen LogP contribution in [0.1, 0.15) is 13.8 Å². The van der Waals surface area contributed by atoms with Crippen molar-refractivity contribution in [2.75, 3.05) is 26.2 Å². The number of thioether (sulfide) groups is 1. The van der Waals surface area contributed by atoms with E-state index in [4.69, 9.17) is 0 Å². The molecule has 1 heterocycles. The summed E-state index contributed by atoms with van der Waals surface area (Å²) in [7, 11) is 0. The second kappa shape index (κ2) is 7.08. The highest BCUT2D eigenvalue weighted by Gasteiger charge is 2.25. The SMILES string of the molecule is CC(C)N1CCN(C(C=O)Sc2ccccc2)CC1. The number of nitrogens with zero attached hydrogens (tertiary/aromatic N) is 2. The van der Waals surface area contributed by atoms with E-state index in [0.717, 1.165) is 37.4 Å². The highest BCUT2D eigenvalue weighted by Crippen LogP contribution is 2.25. The van der Waals surface area contributed by atoms with E-state index in [-0.39, 0.29) is 5.37 Å². The predicted molar refractivity (Wildman–Crippen MR) is 80.4 cm³/mol. The van der Waals surface area contributed by atoms with Crippen molar-refractivity contribution in [1.82, 2.24) is 9.80 Å². The van der Waals surface area contributed by atoms with Crippen LogP contribution in [-0.2, 0) is 4.79 Å². The molecule has 0 spiro atoms. The summed E-state index contributed by atoms with van der Waals surface area (Å²) in [5, 5.41) is -0.0586. The molecule has 2 rings (SSSR count). The van der Waals surface area contributed by atoms with E-state index in [1.807, 2.05) is 18.2 Å². The first kappa shape index (κ1) is 14.6. The molecule has 0 aromatic heterocycles. The summed E-state index contributed by atoms with van der Waals surface area (Å²) in [5.74, 6) is 0. The third-order valence-electron chi connectivity index (χ3n) is 3.56. The van der Waals surface area contributed by atoms with Crippen LogP contribution in [0.3, 0.4) is 0 Å². The van der Waals surface area contributed by atoms with Gasteiger partial charge in [0.15, 0.2) is 0 Å². The maximum Gasteiger partial charge on any atom is 0.147 e. The van der Waals surface area contributed by atoms with Crippen molar-refractivity contribution in [3.05, 3.63) is 30.3 Å². The average molecular weight is 278 g/mol. The Bertz CT molecular complexity index is 388. The fourth-order valence-electron chi connectivity index (χ4n) is 2.34. The van der Waals surface area contributed by atoms with Gasteiger partial charge in [0.1, 0.15) is 11.7 Å². The third kappa shape index (κ3) is 4.06. The summed E-state index contributed by atoms with van der Waals surface area (Å²) in [6, 6.07) is 10.7. The van der Waals surface area contributed by atoms with Gasteiger partial charge in [-0.1, -0.05) is 30.0 Å². The van der Waals surface area contributed by atoms with E-state index < -0.39 is 0 Å². The molecule has 3 nitrogen and oxygen atoms in total. The Labute approximate surface area is 120 Å². The molecule has 19 heavy (non-hydrogen) atoms. The third-order valence-corrected chi connectivity index (χ3v) is 4.75. The van der Waals surface area contributed by atoms with Gasteiger partial charge in [0, 0.05) is 37.1 Å². The molecule has 104 valence electrons. The molecule has 1 saturated heterocycles. The quantitative estimate of drug-likeness (QED) is 0.609. The van der Waals surface area contributed by atoms with E-state index in [1.165, 1.54) is 0 Å². The predicted octanol–water partition coefficient (Wildman–Crippen LogP) is 2.33. The highest BCUT2D eigenvalue weighted by molar-refractivity contribution is 8.00. The van der Waals surface area contributed by atoms with Crippen LogP contribution in [0.4, 0.5) is 0 Å². The normalized spacial score (nSPS) is 19.5. The van der Waals surface area contributed by atoms with Gasteiger partial charge >= 0.3 is 0 Å². The van der Waals surface area contributed by atoms with Crippen LogP contribution in [0.25, 0.3) is 0 Å². The fraction of sp³-hybridized carbons (Fsp3) is 0.533. The standard InChI is InChI=1S/C15H22N2OS/c1-13(2)16-8-10-17(11-9-16)15(12-18)19-14-6-4-3-5-7-14/h3-7,12-13,15H,8-11H2,1-2H3. The molecule has 4 heteroatoms. The minimum atomic E-state index is -0.0586. The molecule has 0 N–H and O–H groups in total. The van der Waals surface area contributed by atoms with Crippen LogP contribution in [0.15, 0.2) is 35.2 Å². The van der Waals surface area contributed by atoms with E-state index >= 15 is 0 Å². The van der Waals surface area contributed by atoms with E-state index in [2.05, 4.69) is 35.8 Å². The zero-order valence-corrected chi connectivity index (χ0v) is 12.5. The number of hydrogen-bond donors (Lipinski definition) is 0. The molecular formula is C15H22N2OS. The first-order valence-electron chi connectivity index (χ1n) is 6.86. The zero-order valence-electron chi connectivity index (χ0n) is 11.7.